The largest absolute Gasteiger partial charge is 0.318 e. The zero-order chi connectivity index (χ0) is 18.7. The minimum absolute atomic E-state index is 0.340. The number of nitrogens with zero attached hydrogens (tertiary/aromatic N) is 2. The lowest BCUT2D eigenvalue weighted by Gasteiger charge is -2.09. The van der Waals surface area contributed by atoms with Crippen molar-refractivity contribution in [1.29, 1.82) is 0 Å². The van der Waals surface area contributed by atoms with E-state index >= 15 is 0 Å². The van der Waals surface area contributed by atoms with Gasteiger partial charge >= 0.3 is 0 Å². The van der Waals surface area contributed by atoms with Gasteiger partial charge in [0.2, 0.25) is 0 Å². The first kappa shape index (κ1) is 18.4. The number of halogens is 2. The summed E-state index contributed by atoms with van der Waals surface area (Å²) >= 11 is 9.53. The van der Waals surface area contributed by atoms with Gasteiger partial charge in [-0.2, -0.15) is 5.10 Å². The Kier molecular flexibility index (Phi) is 5.59. The predicted octanol–water partition coefficient (Wildman–Crippen LogP) is 5.27. The van der Waals surface area contributed by atoms with E-state index in [1.54, 1.807) is 30.5 Å². The van der Waals surface area contributed by atoms with Gasteiger partial charge in [-0.25, -0.2) is 5.43 Å². The number of hydrogen-bond acceptors (Lipinski definition) is 2. The van der Waals surface area contributed by atoms with Crippen LogP contribution >= 0.6 is 27.5 Å². The Labute approximate surface area is 165 Å². The first-order chi connectivity index (χ1) is 12.5. The molecule has 26 heavy (non-hydrogen) atoms. The summed E-state index contributed by atoms with van der Waals surface area (Å²) < 4.78 is 3.16. The van der Waals surface area contributed by atoms with E-state index in [0.717, 1.165) is 27.1 Å². The highest BCUT2D eigenvalue weighted by Crippen LogP contribution is 2.22. The van der Waals surface area contributed by atoms with Crippen molar-refractivity contribution in [3.05, 3.63) is 86.6 Å². The third kappa shape index (κ3) is 3.89. The maximum atomic E-state index is 12.2. The average Bonchev–Trinajstić information content (AvgIpc) is 2.89. The molecule has 0 atom stereocenters. The average molecular weight is 431 g/mol. The Morgan fingerprint density at radius 3 is 2.65 bits per heavy atom. The first-order valence-corrected chi connectivity index (χ1v) is 9.17. The molecule has 1 heterocycles. The lowest BCUT2D eigenvalue weighted by Crippen LogP contribution is -2.18. The van der Waals surface area contributed by atoms with E-state index in [4.69, 9.17) is 11.6 Å². The standard InChI is InChI=1S/C20H17BrClN3O/c1-13-10-15(14(2)25(13)17-7-5-6-16(21)11-17)12-23-24-20(26)18-8-3-4-9-19(18)22/h3-12H,1-2H3,(H,24,26)/b23-12-. The normalized spacial score (nSPS) is 11.1. The Balaban J connectivity index is 1.81. The third-order valence-corrected chi connectivity index (χ3v) is 4.85. The number of aromatic nitrogens is 1. The van der Waals surface area contributed by atoms with Crippen LogP contribution in [0.1, 0.15) is 27.3 Å². The molecule has 0 bridgehead atoms. The zero-order valence-corrected chi connectivity index (χ0v) is 16.7. The summed E-state index contributed by atoms with van der Waals surface area (Å²) in [5.74, 6) is -0.340. The van der Waals surface area contributed by atoms with E-state index in [1.165, 1.54) is 0 Å². The molecule has 0 aliphatic heterocycles. The van der Waals surface area contributed by atoms with E-state index in [9.17, 15) is 4.79 Å². The van der Waals surface area contributed by atoms with Crippen molar-refractivity contribution < 1.29 is 4.79 Å². The summed E-state index contributed by atoms with van der Waals surface area (Å²) in [6.07, 6.45) is 1.64. The van der Waals surface area contributed by atoms with Gasteiger partial charge in [-0.05, 0) is 50.2 Å². The summed E-state index contributed by atoms with van der Waals surface area (Å²) in [6, 6.07) is 17.0. The molecule has 2 aromatic carbocycles. The van der Waals surface area contributed by atoms with Crippen molar-refractivity contribution in [3.63, 3.8) is 0 Å². The van der Waals surface area contributed by atoms with Crippen molar-refractivity contribution in [2.24, 2.45) is 5.10 Å². The minimum Gasteiger partial charge on any atom is -0.318 e. The molecule has 1 N–H and O–H groups in total. The third-order valence-electron chi connectivity index (χ3n) is 4.02. The fraction of sp³-hybridized carbons (Fsp3) is 0.100. The summed E-state index contributed by atoms with van der Waals surface area (Å²) in [6.45, 7) is 4.05. The topological polar surface area (TPSA) is 46.4 Å². The number of nitrogens with one attached hydrogen (secondary N) is 1. The van der Waals surface area contributed by atoms with Gasteiger partial charge in [0.1, 0.15) is 0 Å². The van der Waals surface area contributed by atoms with Crippen molar-refractivity contribution in [1.82, 2.24) is 9.99 Å². The minimum atomic E-state index is -0.340. The molecule has 1 amide bonds. The summed E-state index contributed by atoms with van der Waals surface area (Å²) in [4.78, 5) is 12.2. The number of hydrogen-bond donors (Lipinski definition) is 1. The van der Waals surface area contributed by atoms with Crippen LogP contribution in [0, 0.1) is 13.8 Å². The number of aryl methyl sites for hydroxylation is 1. The number of amides is 1. The molecule has 0 spiro atoms. The monoisotopic (exact) mass is 429 g/mol. The van der Waals surface area contributed by atoms with Gasteiger partial charge in [-0.1, -0.05) is 45.7 Å². The molecule has 0 saturated heterocycles. The highest BCUT2D eigenvalue weighted by molar-refractivity contribution is 9.10. The van der Waals surface area contributed by atoms with Crippen molar-refractivity contribution >= 4 is 39.7 Å². The second kappa shape index (κ2) is 7.89. The summed E-state index contributed by atoms with van der Waals surface area (Å²) in [5, 5.41) is 4.48. The van der Waals surface area contributed by atoms with Crippen LogP contribution in [0.3, 0.4) is 0 Å². The molecule has 0 aliphatic carbocycles. The molecule has 0 radical (unpaired) electrons. The lowest BCUT2D eigenvalue weighted by atomic mass is 10.2. The van der Waals surface area contributed by atoms with Crippen LogP contribution < -0.4 is 5.43 Å². The Hall–Kier alpha value is -2.37. The van der Waals surface area contributed by atoms with Crippen LogP contribution in [-0.4, -0.2) is 16.7 Å². The predicted molar refractivity (Wildman–Crippen MR) is 109 cm³/mol. The van der Waals surface area contributed by atoms with Crippen molar-refractivity contribution in [3.8, 4) is 5.69 Å². The van der Waals surface area contributed by atoms with Crippen LogP contribution in [-0.2, 0) is 0 Å². The van der Waals surface area contributed by atoms with Crippen molar-refractivity contribution in [2.75, 3.05) is 0 Å². The lowest BCUT2D eigenvalue weighted by molar-refractivity contribution is 0.0955. The fourth-order valence-electron chi connectivity index (χ4n) is 2.80. The number of carbonyl (C=O) groups excluding carboxylic acids is 1. The van der Waals surface area contributed by atoms with E-state index in [-0.39, 0.29) is 5.91 Å². The molecule has 0 unspecified atom stereocenters. The summed E-state index contributed by atoms with van der Waals surface area (Å²) in [5.41, 5.74) is 7.03. The molecule has 6 heteroatoms. The molecule has 0 fully saturated rings. The van der Waals surface area contributed by atoms with Gasteiger partial charge in [0.05, 0.1) is 16.8 Å². The van der Waals surface area contributed by atoms with Gasteiger partial charge in [0.15, 0.2) is 0 Å². The van der Waals surface area contributed by atoms with Crippen LogP contribution in [0.2, 0.25) is 5.02 Å². The number of benzene rings is 2. The number of hydrazone groups is 1. The molecule has 3 aromatic rings. The Morgan fingerprint density at radius 2 is 1.92 bits per heavy atom. The van der Waals surface area contributed by atoms with Crippen LogP contribution in [0.5, 0.6) is 0 Å². The van der Waals surface area contributed by atoms with Gasteiger partial charge < -0.3 is 4.57 Å². The molecule has 132 valence electrons. The quantitative estimate of drug-likeness (QED) is 0.444. The molecule has 4 nitrogen and oxygen atoms in total. The molecular weight excluding hydrogens is 414 g/mol. The zero-order valence-electron chi connectivity index (χ0n) is 14.3. The smallest absolute Gasteiger partial charge is 0.272 e. The Morgan fingerprint density at radius 1 is 1.15 bits per heavy atom. The van der Waals surface area contributed by atoms with Gasteiger partial charge in [-0.3, -0.25) is 4.79 Å². The molecular formula is C20H17BrClN3O. The van der Waals surface area contributed by atoms with Crippen LogP contribution in [0.4, 0.5) is 0 Å². The van der Waals surface area contributed by atoms with Gasteiger partial charge in [0.25, 0.3) is 5.91 Å². The van der Waals surface area contributed by atoms with E-state index < -0.39 is 0 Å². The van der Waals surface area contributed by atoms with Crippen molar-refractivity contribution in [2.45, 2.75) is 13.8 Å². The van der Waals surface area contributed by atoms with Gasteiger partial charge in [0, 0.05) is 27.1 Å². The number of rotatable bonds is 4. The van der Waals surface area contributed by atoms with E-state index in [1.807, 2.05) is 38.1 Å². The van der Waals surface area contributed by atoms with E-state index in [2.05, 4.69) is 37.1 Å². The Bertz CT molecular complexity index is 994. The fourth-order valence-corrected chi connectivity index (χ4v) is 3.41. The van der Waals surface area contributed by atoms with E-state index in [0.29, 0.717) is 10.6 Å². The maximum Gasteiger partial charge on any atom is 0.272 e. The highest BCUT2D eigenvalue weighted by atomic mass is 79.9. The first-order valence-electron chi connectivity index (χ1n) is 8.00. The van der Waals surface area contributed by atoms with Gasteiger partial charge in [-0.15, -0.1) is 0 Å². The molecule has 0 aliphatic rings. The molecule has 0 saturated carbocycles. The van der Waals surface area contributed by atoms with Crippen LogP contribution in [0.15, 0.2) is 64.2 Å². The number of carbonyl (C=O) groups is 1. The molecule has 1 aromatic heterocycles. The SMILES string of the molecule is Cc1cc(/C=N\NC(=O)c2ccccc2Cl)c(C)n1-c1cccc(Br)c1. The molecule has 3 rings (SSSR count). The van der Waals surface area contributed by atoms with Crippen LogP contribution in [0.25, 0.3) is 5.69 Å². The maximum absolute atomic E-state index is 12.2. The summed E-state index contributed by atoms with van der Waals surface area (Å²) in [7, 11) is 0. The highest BCUT2D eigenvalue weighted by Gasteiger charge is 2.11. The second-order valence-corrected chi connectivity index (χ2v) is 7.14. The second-order valence-electron chi connectivity index (χ2n) is 5.82.